The van der Waals surface area contributed by atoms with Gasteiger partial charge in [0.2, 0.25) is 0 Å². The average Bonchev–Trinajstić information content (AvgIpc) is 3.52. The fourth-order valence-corrected chi connectivity index (χ4v) is 6.21. The highest BCUT2D eigenvalue weighted by atomic mass is 32.2. The summed E-state index contributed by atoms with van der Waals surface area (Å²) in [5, 5.41) is 4.79. The minimum absolute atomic E-state index is 0.149. The second-order valence-electron chi connectivity index (χ2n) is 7.85. The normalized spacial score (nSPS) is 11.5. The van der Waals surface area contributed by atoms with Gasteiger partial charge in [0, 0.05) is 27.5 Å². The van der Waals surface area contributed by atoms with Crippen LogP contribution in [-0.2, 0) is 27.9 Å². The van der Waals surface area contributed by atoms with E-state index in [1.165, 1.54) is 30.6 Å². The van der Waals surface area contributed by atoms with Crippen molar-refractivity contribution < 1.29 is 27.4 Å². The van der Waals surface area contributed by atoms with Crippen LogP contribution in [0.3, 0.4) is 0 Å². The molecule has 0 unspecified atom stereocenters. The maximum atomic E-state index is 13.0. The molecular formula is C26H22F3NO3S3. The third-order valence-corrected chi connectivity index (χ3v) is 8.36. The smallest absolute Gasteiger partial charge is 0.416 e. The third kappa shape index (κ3) is 6.68. The van der Waals surface area contributed by atoms with E-state index in [0.717, 1.165) is 38.7 Å². The first-order valence-electron chi connectivity index (χ1n) is 10.8. The SMILES string of the molecule is COC(=O)COc1ccc(SCc2sc(-c3ccc(C(F)(F)F)cc3)nc2Cc2ccsc2)cc1C. The average molecular weight is 550 g/mol. The van der Waals surface area contributed by atoms with Crippen molar-refractivity contribution in [3.05, 3.63) is 86.6 Å². The van der Waals surface area contributed by atoms with E-state index in [1.54, 1.807) is 23.1 Å². The first-order valence-corrected chi connectivity index (χ1v) is 13.6. The van der Waals surface area contributed by atoms with Gasteiger partial charge >= 0.3 is 12.1 Å². The minimum atomic E-state index is -4.37. The lowest BCUT2D eigenvalue weighted by Gasteiger charge is -2.10. The van der Waals surface area contributed by atoms with Gasteiger partial charge in [-0.25, -0.2) is 9.78 Å². The second-order valence-corrected chi connectivity index (χ2v) is 10.8. The Morgan fingerprint density at radius 2 is 1.89 bits per heavy atom. The first-order chi connectivity index (χ1) is 17.2. The number of nitrogens with zero attached hydrogens (tertiary/aromatic N) is 1. The molecule has 0 aliphatic heterocycles. The zero-order chi connectivity index (χ0) is 25.7. The van der Waals surface area contributed by atoms with E-state index < -0.39 is 17.7 Å². The van der Waals surface area contributed by atoms with Crippen LogP contribution in [0.2, 0.25) is 0 Å². The summed E-state index contributed by atoms with van der Waals surface area (Å²) >= 11 is 4.76. The van der Waals surface area contributed by atoms with Gasteiger partial charge in [0.05, 0.1) is 18.4 Å². The molecule has 2 heterocycles. The first kappa shape index (κ1) is 26.2. The molecule has 0 spiro atoms. The van der Waals surface area contributed by atoms with E-state index in [1.807, 2.05) is 30.5 Å². The van der Waals surface area contributed by atoms with Crippen LogP contribution in [-0.4, -0.2) is 24.7 Å². The van der Waals surface area contributed by atoms with Gasteiger partial charge in [-0.15, -0.1) is 23.1 Å². The molecule has 2 aromatic heterocycles. The fourth-order valence-electron chi connectivity index (χ4n) is 3.36. The van der Waals surface area contributed by atoms with Crippen molar-refractivity contribution >= 4 is 40.4 Å². The van der Waals surface area contributed by atoms with Gasteiger partial charge in [0.1, 0.15) is 10.8 Å². The summed E-state index contributed by atoms with van der Waals surface area (Å²) in [6, 6.07) is 12.9. The van der Waals surface area contributed by atoms with Gasteiger partial charge in [-0.2, -0.15) is 24.5 Å². The number of aromatic nitrogens is 1. The van der Waals surface area contributed by atoms with E-state index in [-0.39, 0.29) is 6.61 Å². The predicted molar refractivity (Wildman–Crippen MR) is 138 cm³/mol. The van der Waals surface area contributed by atoms with Crippen molar-refractivity contribution in [3.8, 4) is 16.3 Å². The van der Waals surface area contributed by atoms with Crippen LogP contribution < -0.4 is 4.74 Å². The van der Waals surface area contributed by atoms with Gasteiger partial charge in [-0.3, -0.25) is 0 Å². The summed E-state index contributed by atoms with van der Waals surface area (Å²) in [6.45, 7) is 1.76. The van der Waals surface area contributed by atoms with Crippen LogP contribution in [0.15, 0.2) is 64.2 Å². The number of carbonyl (C=O) groups is 1. The summed E-state index contributed by atoms with van der Waals surface area (Å²) in [7, 11) is 1.31. The molecule has 188 valence electrons. The lowest BCUT2D eigenvalue weighted by molar-refractivity contribution is -0.143. The number of benzene rings is 2. The lowest BCUT2D eigenvalue weighted by atomic mass is 10.1. The second kappa shape index (κ2) is 11.5. The summed E-state index contributed by atoms with van der Waals surface area (Å²) in [5.74, 6) is 0.838. The fraction of sp³-hybridized carbons (Fsp3) is 0.231. The third-order valence-electron chi connectivity index (χ3n) is 5.28. The Morgan fingerprint density at radius 1 is 1.11 bits per heavy atom. The Bertz CT molecular complexity index is 1320. The van der Waals surface area contributed by atoms with E-state index >= 15 is 0 Å². The quantitative estimate of drug-likeness (QED) is 0.159. The highest BCUT2D eigenvalue weighted by Crippen LogP contribution is 2.36. The Hall–Kier alpha value is -2.82. The highest BCUT2D eigenvalue weighted by Gasteiger charge is 2.30. The number of ether oxygens (including phenoxy) is 2. The zero-order valence-corrected chi connectivity index (χ0v) is 21.9. The molecule has 0 N–H and O–H groups in total. The van der Waals surface area contributed by atoms with Crippen molar-refractivity contribution in [2.75, 3.05) is 13.7 Å². The van der Waals surface area contributed by atoms with Crippen LogP contribution >= 0.6 is 34.4 Å². The van der Waals surface area contributed by atoms with Crippen LogP contribution in [0.4, 0.5) is 13.2 Å². The number of aryl methyl sites for hydroxylation is 1. The molecule has 10 heteroatoms. The molecule has 4 rings (SSSR count). The van der Waals surface area contributed by atoms with Gasteiger partial charge in [-0.05, 0) is 65.2 Å². The van der Waals surface area contributed by atoms with Crippen LogP contribution in [0.1, 0.15) is 27.3 Å². The number of methoxy groups -OCH3 is 1. The van der Waals surface area contributed by atoms with Gasteiger partial charge in [0.15, 0.2) is 6.61 Å². The number of hydrogen-bond donors (Lipinski definition) is 0. The maximum absolute atomic E-state index is 13.0. The number of rotatable bonds is 9. The summed E-state index contributed by atoms with van der Waals surface area (Å²) in [6.07, 6.45) is -3.71. The molecule has 0 saturated carbocycles. The molecule has 4 nitrogen and oxygen atoms in total. The molecule has 0 saturated heterocycles. The number of alkyl halides is 3. The number of halogens is 3. The number of thiazole rings is 1. The van der Waals surface area contributed by atoms with Gasteiger partial charge in [0.25, 0.3) is 0 Å². The summed E-state index contributed by atoms with van der Waals surface area (Å²) in [4.78, 5) is 18.2. The highest BCUT2D eigenvalue weighted by molar-refractivity contribution is 7.98. The van der Waals surface area contributed by atoms with E-state index in [0.29, 0.717) is 28.5 Å². The van der Waals surface area contributed by atoms with E-state index in [2.05, 4.69) is 16.2 Å². The zero-order valence-electron chi connectivity index (χ0n) is 19.4. The largest absolute Gasteiger partial charge is 0.482 e. The monoisotopic (exact) mass is 549 g/mol. The van der Waals surface area contributed by atoms with Crippen LogP contribution in [0, 0.1) is 6.92 Å². The van der Waals surface area contributed by atoms with Crippen molar-refractivity contribution in [2.45, 2.75) is 30.2 Å². The number of esters is 1. The molecule has 0 bridgehead atoms. The molecule has 0 aliphatic rings. The molecule has 0 atom stereocenters. The minimum Gasteiger partial charge on any atom is -0.482 e. The van der Waals surface area contributed by atoms with Crippen molar-refractivity contribution in [3.63, 3.8) is 0 Å². The lowest BCUT2D eigenvalue weighted by Crippen LogP contribution is -2.12. The van der Waals surface area contributed by atoms with Crippen LogP contribution in [0.5, 0.6) is 5.75 Å². The molecule has 0 radical (unpaired) electrons. The predicted octanol–water partition coefficient (Wildman–Crippen LogP) is 7.63. The van der Waals surface area contributed by atoms with Crippen molar-refractivity contribution in [2.24, 2.45) is 0 Å². The summed E-state index contributed by atoms with van der Waals surface area (Å²) in [5.41, 5.74) is 2.97. The number of thiophene rings is 1. The van der Waals surface area contributed by atoms with Gasteiger partial charge < -0.3 is 9.47 Å². The van der Waals surface area contributed by atoms with Crippen LogP contribution in [0.25, 0.3) is 10.6 Å². The Morgan fingerprint density at radius 3 is 2.53 bits per heavy atom. The standard InChI is InChI=1S/C26H22F3NO3S3/c1-16-11-20(7-8-22(16)33-13-24(31)32-2)35-15-23-21(12-17-9-10-34-14-17)30-25(36-23)18-3-5-19(6-4-18)26(27,28)29/h3-11,14H,12-13,15H2,1-2H3. The summed E-state index contributed by atoms with van der Waals surface area (Å²) < 4.78 is 49.0. The Kier molecular flexibility index (Phi) is 8.38. The van der Waals surface area contributed by atoms with Gasteiger partial charge in [-0.1, -0.05) is 12.1 Å². The molecule has 4 aromatic rings. The number of thioether (sulfide) groups is 1. The Balaban J connectivity index is 1.52. The molecule has 2 aromatic carbocycles. The molecule has 0 fully saturated rings. The maximum Gasteiger partial charge on any atom is 0.416 e. The molecule has 0 aliphatic carbocycles. The molecule has 0 amide bonds. The number of hydrogen-bond acceptors (Lipinski definition) is 7. The Labute approximate surface area is 219 Å². The number of carbonyl (C=O) groups excluding carboxylic acids is 1. The van der Waals surface area contributed by atoms with Crippen molar-refractivity contribution in [1.82, 2.24) is 4.98 Å². The van der Waals surface area contributed by atoms with E-state index in [9.17, 15) is 18.0 Å². The molecule has 36 heavy (non-hydrogen) atoms. The molecular weight excluding hydrogens is 527 g/mol. The van der Waals surface area contributed by atoms with E-state index in [4.69, 9.17) is 9.72 Å². The van der Waals surface area contributed by atoms with Crippen molar-refractivity contribution in [1.29, 1.82) is 0 Å². The topological polar surface area (TPSA) is 48.4 Å².